The maximum Gasteiger partial charge on any atom is 0.407 e. The molecule has 3 N–H and O–H groups in total. The van der Waals surface area contributed by atoms with E-state index in [-0.39, 0.29) is 24.3 Å². The van der Waals surface area contributed by atoms with Gasteiger partial charge in [-0.2, -0.15) is 0 Å². The highest BCUT2D eigenvalue weighted by molar-refractivity contribution is 6.03. The van der Waals surface area contributed by atoms with Crippen LogP contribution in [0.4, 0.5) is 10.6 Å². The lowest BCUT2D eigenvalue weighted by Gasteiger charge is -2.21. The number of nitrogens with two attached hydrogens (primary N) is 1. The SMILES string of the molecule is NC(=O)c1cc2ccnc(N3CC4NC(=O)OC4C3)c2cc1OC1CCCC1. The predicted octanol–water partition coefficient (Wildman–Crippen LogP) is 1.95. The number of hydrogen-bond acceptors (Lipinski definition) is 6. The van der Waals surface area contributed by atoms with Gasteiger partial charge in [0.25, 0.3) is 5.91 Å². The van der Waals surface area contributed by atoms with Crippen LogP contribution in [0.2, 0.25) is 0 Å². The molecule has 0 spiro atoms. The van der Waals surface area contributed by atoms with Crippen molar-refractivity contribution in [1.82, 2.24) is 10.3 Å². The highest BCUT2D eigenvalue weighted by Crippen LogP contribution is 2.35. The Morgan fingerprint density at radius 1 is 1.29 bits per heavy atom. The second-order valence-corrected chi connectivity index (χ2v) is 7.69. The highest BCUT2D eigenvalue weighted by Gasteiger charge is 2.42. The van der Waals surface area contributed by atoms with Crippen LogP contribution in [0.5, 0.6) is 5.75 Å². The van der Waals surface area contributed by atoms with Crippen LogP contribution in [0.1, 0.15) is 36.0 Å². The molecule has 2 atom stereocenters. The molecule has 3 heterocycles. The Morgan fingerprint density at radius 3 is 2.86 bits per heavy atom. The van der Waals surface area contributed by atoms with Gasteiger partial charge in [-0.25, -0.2) is 9.78 Å². The molecular weight excluding hydrogens is 360 g/mol. The summed E-state index contributed by atoms with van der Waals surface area (Å²) < 4.78 is 11.5. The first-order valence-electron chi connectivity index (χ1n) is 9.70. The third-order valence-electron chi connectivity index (χ3n) is 5.83. The number of fused-ring (bicyclic) bond motifs is 2. The summed E-state index contributed by atoms with van der Waals surface area (Å²) in [5, 5.41) is 4.60. The van der Waals surface area contributed by atoms with Crippen molar-refractivity contribution in [2.24, 2.45) is 5.73 Å². The molecule has 5 rings (SSSR count). The van der Waals surface area contributed by atoms with E-state index in [0.29, 0.717) is 24.4 Å². The molecule has 8 nitrogen and oxygen atoms in total. The minimum Gasteiger partial charge on any atom is -0.490 e. The van der Waals surface area contributed by atoms with Gasteiger partial charge in [-0.15, -0.1) is 0 Å². The Bertz CT molecular complexity index is 941. The average Bonchev–Trinajstić information content (AvgIpc) is 3.37. The number of alkyl carbamates (subject to hydrolysis) is 1. The standard InChI is InChI=1S/C20H22N4O4/c21-18(25)14-7-11-5-6-22-19(24-9-15-17(10-24)28-20(26)23-15)13(11)8-16(14)27-12-3-1-2-4-12/h5-8,12,15,17H,1-4,9-10H2,(H2,21,25)(H,23,26). The van der Waals surface area contributed by atoms with E-state index in [9.17, 15) is 9.59 Å². The lowest BCUT2D eigenvalue weighted by molar-refractivity contribution is 0.0993. The fourth-order valence-electron chi connectivity index (χ4n) is 4.44. The molecule has 2 aliphatic heterocycles. The van der Waals surface area contributed by atoms with Crippen LogP contribution < -0.4 is 20.7 Å². The molecule has 2 aromatic rings. The van der Waals surface area contributed by atoms with Crippen LogP contribution in [0.15, 0.2) is 24.4 Å². The molecule has 0 bridgehead atoms. The Kier molecular flexibility index (Phi) is 3.99. The van der Waals surface area contributed by atoms with Crippen LogP contribution >= 0.6 is 0 Å². The van der Waals surface area contributed by atoms with Crippen molar-refractivity contribution in [3.63, 3.8) is 0 Å². The number of pyridine rings is 1. The van der Waals surface area contributed by atoms with Gasteiger partial charge in [-0.1, -0.05) is 0 Å². The van der Waals surface area contributed by atoms with E-state index in [2.05, 4.69) is 15.2 Å². The normalized spacial score (nSPS) is 24.3. The number of anilines is 1. The van der Waals surface area contributed by atoms with E-state index in [1.807, 2.05) is 12.1 Å². The quantitative estimate of drug-likeness (QED) is 0.837. The minimum atomic E-state index is -0.500. The molecule has 146 valence electrons. The van der Waals surface area contributed by atoms with Crippen molar-refractivity contribution in [2.75, 3.05) is 18.0 Å². The first kappa shape index (κ1) is 17.1. The second kappa shape index (κ2) is 6.54. The zero-order valence-electron chi connectivity index (χ0n) is 15.4. The predicted molar refractivity (Wildman–Crippen MR) is 103 cm³/mol. The van der Waals surface area contributed by atoms with Gasteiger partial charge in [-0.3, -0.25) is 4.79 Å². The number of carbonyl (C=O) groups is 2. The summed E-state index contributed by atoms with van der Waals surface area (Å²) in [6, 6.07) is 5.48. The number of amides is 2. The number of hydrogen-bond donors (Lipinski definition) is 2. The number of primary amides is 1. The average molecular weight is 382 g/mol. The van der Waals surface area contributed by atoms with E-state index in [1.54, 1.807) is 12.3 Å². The Balaban J connectivity index is 1.53. The minimum absolute atomic E-state index is 0.0383. The number of carbonyl (C=O) groups excluding carboxylic acids is 2. The van der Waals surface area contributed by atoms with Gasteiger partial charge >= 0.3 is 6.09 Å². The van der Waals surface area contributed by atoms with E-state index in [4.69, 9.17) is 15.2 Å². The summed E-state index contributed by atoms with van der Waals surface area (Å²) in [4.78, 5) is 30.1. The van der Waals surface area contributed by atoms with Gasteiger partial charge < -0.3 is 25.4 Å². The summed E-state index contributed by atoms with van der Waals surface area (Å²) in [6.45, 7) is 1.20. The highest BCUT2D eigenvalue weighted by atomic mass is 16.6. The number of nitrogens with zero attached hydrogens (tertiary/aromatic N) is 2. The molecule has 1 aromatic heterocycles. The number of ether oxygens (including phenoxy) is 2. The molecule has 3 aliphatic rings. The summed E-state index contributed by atoms with van der Waals surface area (Å²) in [5.41, 5.74) is 6.01. The Morgan fingerprint density at radius 2 is 2.11 bits per heavy atom. The third-order valence-corrected chi connectivity index (χ3v) is 5.83. The Labute approximate surface area is 162 Å². The maximum atomic E-state index is 12.0. The lowest BCUT2D eigenvalue weighted by Crippen LogP contribution is -2.32. The molecule has 2 amide bonds. The zero-order chi connectivity index (χ0) is 19.3. The largest absolute Gasteiger partial charge is 0.490 e. The smallest absolute Gasteiger partial charge is 0.407 e. The van der Waals surface area contributed by atoms with Gasteiger partial charge in [0.1, 0.15) is 17.7 Å². The van der Waals surface area contributed by atoms with Crippen molar-refractivity contribution < 1.29 is 19.1 Å². The van der Waals surface area contributed by atoms with Crippen LogP contribution in [0.25, 0.3) is 10.8 Å². The number of aromatic nitrogens is 1. The van der Waals surface area contributed by atoms with Crippen LogP contribution in [0, 0.1) is 0 Å². The monoisotopic (exact) mass is 382 g/mol. The Hall–Kier alpha value is -3.03. The number of nitrogens with one attached hydrogen (secondary N) is 1. The lowest BCUT2D eigenvalue weighted by atomic mass is 10.1. The summed E-state index contributed by atoms with van der Waals surface area (Å²) in [5.74, 6) is 0.808. The molecular formula is C20H22N4O4. The van der Waals surface area contributed by atoms with Crippen molar-refractivity contribution in [3.8, 4) is 5.75 Å². The molecule has 28 heavy (non-hydrogen) atoms. The molecule has 1 saturated carbocycles. The molecule has 3 fully saturated rings. The second-order valence-electron chi connectivity index (χ2n) is 7.69. The topological polar surface area (TPSA) is 107 Å². The number of benzene rings is 1. The van der Waals surface area contributed by atoms with Crippen molar-refractivity contribution >= 4 is 28.6 Å². The van der Waals surface area contributed by atoms with Gasteiger partial charge in [0.05, 0.1) is 24.3 Å². The molecule has 8 heteroatoms. The first-order valence-corrected chi connectivity index (χ1v) is 9.70. The van der Waals surface area contributed by atoms with Crippen LogP contribution in [-0.4, -0.2) is 48.3 Å². The summed E-state index contributed by atoms with van der Waals surface area (Å²) in [6.07, 6.45) is 5.55. The van der Waals surface area contributed by atoms with E-state index in [1.165, 1.54) is 0 Å². The molecule has 2 unspecified atom stereocenters. The van der Waals surface area contributed by atoms with Gasteiger partial charge in [0.15, 0.2) is 0 Å². The molecule has 0 radical (unpaired) electrons. The van der Waals surface area contributed by atoms with E-state index in [0.717, 1.165) is 42.3 Å². The van der Waals surface area contributed by atoms with Gasteiger partial charge in [0.2, 0.25) is 0 Å². The fourth-order valence-corrected chi connectivity index (χ4v) is 4.44. The van der Waals surface area contributed by atoms with Crippen molar-refractivity contribution in [3.05, 3.63) is 30.0 Å². The third kappa shape index (κ3) is 2.89. The molecule has 1 aliphatic carbocycles. The van der Waals surface area contributed by atoms with E-state index >= 15 is 0 Å². The summed E-state index contributed by atoms with van der Waals surface area (Å²) in [7, 11) is 0. The van der Waals surface area contributed by atoms with Crippen LogP contribution in [0.3, 0.4) is 0 Å². The van der Waals surface area contributed by atoms with Gasteiger partial charge in [0, 0.05) is 18.1 Å². The van der Waals surface area contributed by atoms with E-state index < -0.39 is 5.91 Å². The maximum absolute atomic E-state index is 12.0. The van der Waals surface area contributed by atoms with Crippen LogP contribution in [-0.2, 0) is 4.74 Å². The van der Waals surface area contributed by atoms with Crippen molar-refractivity contribution in [1.29, 1.82) is 0 Å². The molecule has 2 saturated heterocycles. The first-order chi connectivity index (χ1) is 13.6. The number of rotatable bonds is 4. The van der Waals surface area contributed by atoms with Crippen molar-refractivity contribution in [2.45, 2.75) is 43.9 Å². The molecule has 1 aromatic carbocycles. The van der Waals surface area contributed by atoms with Gasteiger partial charge in [-0.05, 0) is 49.3 Å². The fraction of sp³-hybridized carbons (Fsp3) is 0.450. The zero-order valence-corrected chi connectivity index (χ0v) is 15.4. The summed E-state index contributed by atoms with van der Waals surface area (Å²) >= 11 is 0.